The van der Waals surface area contributed by atoms with Crippen molar-refractivity contribution < 1.29 is 76.7 Å². The Kier molecular flexibility index (Phi) is 37.5. The topological polar surface area (TPSA) is 532 Å². The Bertz CT molecular complexity index is 3960. The summed E-state index contributed by atoms with van der Waals surface area (Å²) in [5.74, 6) is 1.22. The number of carbonyl (C=O) groups excluding carboxylic acids is 16. The van der Waals surface area contributed by atoms with Crippen molar-refractivity contribution in [2.45, 2.75) is 428 Å². The van der Waals surface area contributed by atoms with Gasteiger partial charge in [0.2, 0.25) is 94.5 Å². The summed E-state index contributed by atoms with van der Waals surface area (Å²) in [4.78, 5) is 211. The van der Waals surface area contributed by atoms with Gasteiger partial charge in [-0.15, -0.1) is 0 Å². The van der Waals surface area contributed by atoms with Crippen LogP contribution in [0.25, 0.3) is 0 Å². The van der Waals surface area contributed by atoms with Gasteiger partial charge >= 0.3 is 0 Å². The molecule has 41 nitrogen and oxygen atoms in total. The summed E-state index contributed by atoms with van der Waals surface area (Å²) >= 11 is 0. The summed E-state index contributed by atoms with van der Waals surface area (Å²) < 4.78 is 0. The number of nitrogens with one attached hydrogen (secondary N) is 15. The molecule has 19 N–H and O–H groups in total. The lowest BCUT2D eigenvalue weighted by Crippen LogP contribution is -2.59. The van der Waals surface area contributed by atoms with E-state index in [2.05, 4.69) is 79.8 Å². The molecular weight excluding hydrogens is 1810 g/mol. The van der Waals surface area contributed by atoms with Gasteiger partial charge in [-0.25, -0.2) is 0 Å². The molecule has 784 valence electrons. The second kappa shape index (κ2) is 50.3. The maximum atomic E-state index is 12.6. The van der Waals surface area contributed by atoms with Gasteiger partial charge in [-0.1, -0.05) is 0 Å². The first kappa shape index (κ1) is 105. The molecule has 16 amide bonds. The van der Waals surface area contributed by atoms with Gasteiger partial charge in [-0.2, -0.15) is 0 Å². The molecule has 0 aromatic rings. The van der Waals surface area contributed by atoms with Crippen LogP contribution >= 0.6 is 0 Å². The van der Waals surface area contributed by atoms with E-state index in [1.165, 1.54) is 0 Å². The molecule has 23 aliphatic rings. The Hall–Kier alpha value is -8.84. The molecule has 23 fully saturated rings. The summed E-state index contributed by atoms with van der Waals surface area (Å²) in [7, 11) is 0. The number of nitrogens with zero attached hydrogens (tertiary/aromatic N) is 8. The fourth-order valence-corrected chi connectivity index (χ4v) is 26.8. The minimum atomic E-state index is -0.432. The van der Waals surface area contributed by atoms with E-state index in [0.29, 0.717) is 101 Å². The quantitative estimate of drug-likeness (QED) is 0.133. The third-order valence-electron chi connectivity index (χ3n) is 34.2. The number of hydrogen-bond acceptors (Lipinski definition) is 25. The van der Waals surface area contributed by atoms with Crippen LogP contribution in [-0.2, 0) is 76.7 Å². The van der Waals surface area contributed by atoms with Crippen LogP contribution in [-0.4, -0.2) is 383 Å². The molecule has 23 saturated heterocycles. The molecule has 0 saturated carbocycles. The predicted molar refractivity (Wildman–Crippen MR) is 522 cm³/mol. The Labute approximate surface area is 829 Å². The smallest absolute Gasteiger partial charge is 0.242 e. The first-order valence-electron chi connectivity index (χ1n) is 54.9. The van der Waals surface area contributed by atoms with Crippen molar-refractivity contribution in [1.82, 2.24) is 119 Å². The van der Waals surface area contributed by atoms with E-state index in [1.807, 2.05) is 34.3 Å². The minimum absolute atomic E-state index is 0.0448. The molecule has 41 heteroatoms. The van der Waals surface area contributed by atoms with Crippen molar-refractivity contribution in [3.63, 3.8) is 0 Å². The third kappa shape index (κ3) is 24.9. The zero-order valence-electron chi connectivity index (χ0n) is 83.0. The van der Waals surface area contributed by atoms with Crippen LogP contribution in [0.15, 0.2) is 0 Å². The molecule has 23 aliphatic heterocycles. The van der Waals surface area contributed by atoms with Gasteiger partial charge in [0.25, 0.3) is 0 Å². The average molecular weight is 1970 g/mol. The first-order chi connectivity index (χ1) is 68.5. The fraction of sp³-hybridized carbons (Fsp3) is 0.840. The number of carbonyl (C=O) groups is 16. The third-order valence-corrected chi connectivity index (χ3v) is 34.2. The highest BCUT2D eigenvalue weighted by Gasteiger charge is 2.54. The van der Waals surface area contributed by atoms with Crippen molar-refractivity contribution in [2.24, 2.45) is 11.5 Å². The average Bonchev–Trinajstić information content (AvgIpc) is 1.65. The van der Waals surface area contributed by atoms with E-state index >= 15 is 0 Å². The summed E-state index contributed by atoms with van der Waals surface area (Å²) in [6, 6.07) is -0.440. The lowest BCUT2D eigenvalue weighted by atomic mass is 9.98. The van der Waals surface area contributed by atoms with Gasteiger partial charge < -0.3 is 130 Å². The molecule has 0 radical (unpaired) electrons. The zero-order valence-corrected chi connectivity index (χ0v) is 83.0. The van der Waals surface area contributed by atoms with Crippen molar-refractivity contribution in [3.8, 4) is 0 Å². The van der Waals surface area contributed by atoms with Gasteiger partial charge in [-0.3, -0.25) is 76.7 Å². The van der Waals surface area contributed by atoms with E-state index in [0.717, 1.165) is 328 Å². The molecule has 0 aromatic carbocycles. The molecule has 14 bridgehead atoms. The first-order valence-corrected chi connectivity index (χ1v) is 54.9. The maximum absolute atomic E-state index is 12.6. The molecule has 0 unspecified atom stereocenters. The second-order valence-electron chi connectivity index (χ2n) is 43.1. The number of hydrogen-bond donors (Lipinski definition) is 17. The summed E-state index contributed by atoms with van der Waals surface area (Å²) in [5, 5.41) is 46.8. The van der Waals surface area contributed by atoms with Crippen LogP contribution in [0.3, 0.4) is 0 Å². The highest BCUT2D eigenvalue weighted by molar-refractivity contribution is 5.97. The van der Waals surface area contributed by atoms with Crippen molar-refractivity contribution >= 4 is 94.5 Å². The predicted octanol–water partition coefficient (Wildman–Crippen LogP) is -2.18. The Morgan fingerprint density at radius 2 is 0.426 bits per heavy atom. The van der Waals surface area contributed by atoms with E-state index in [4.69, 9.17) is 11.5 Å². The standard InChI is InChI=1S/4C13H21N3O2.C12H22N4O2.3C12H19N3O2/c4*17-12-11-6-5-9-3-1-4-10(13(18)16(9)11)14-7-2-8-15-12;13-6-1-7-15-11(17)10-5-3-8-2-4-9(14)12(18)16(8)10;3*16-11-10-5-3-8-2-4-9(12(17)15(8)10)13-6-1-7-14-11/h4*9-11,14H,1-8H2,(H,15,17);8-10H,1-7,13-14H2,(H,15,17);3*8-10,13H,1-7H2,(H,14,16)/t9-,10+,11+;9-,10+,11-;9-,10-,11+;9-,10-,11-;8-,9+,10-;8-,9+,10+;8-,9-,10+;8-,9-,10-/m10100110/s1. The molecule has 24 atom stereocenters. The molecule has 0 spiro atoms. The number of fused-ring (bicyclic) bond motifs is 8. The van der Waals surface area contributed by atoms with Crippen LogP contribution < -0.4 is 91.2 Å². The number of nitrogens with two attached hydrogens (primary N) is 2. The van der Waals surface area contributed by atoms with Gasteiger partial charge in [0.05, 0.1) is 48.3 Å². The summed E-state index contributed by atoms with van der Waals surface area (Å²) in [5.41, 5.74) is 11.2. The molecule has 141 heavy (non-hydrogen) atoms. The largest absolute Gasteiger partial charge is 0.354 e. The summed E-state index contributed by atoms with van der Waals surface area (Å²) in [6.07, 6.45) is 41.1. The Morgan fingerprint density at radius 1 is 0.227 bits per heavy atom. The van der Waals surface area contributed by atoms with Crippen LogP contribution in [0.2, 0.25) is 0 Å². The van der Waals surface area contributed by atoms with Crippen LogP contribution in [0.5, 0.6) is 0 Å². The van der Waals surface area contributed by atoms with Crippen LogP contribution in [0.1, 0.15) is 283 Å². The van der Waals surface area contributed by atoms with Crippen molar-refractivity contribution in [1.29, 1.82) is 0 Å². The molecule has 23 rings (SSSR count). The fourth-order valence-electron chi connectivity index (χ4n) is 26.8. The number of amides is 16. The lowest BCUT2D eigenvalue weighted by Gasteiger charge is -2.38. The van der Waals surface area contributed by atoms with Gasteiger partial charge in [0, 0.05) is 101 Å². The normalized spacial score (nSPS) is 36.7. The van der Waals surface area contributed by atoms with Crippen molar-refractivity contribution in [2.75, 3.05) is 105 Å². The lowest BCUT2D eigenvalue weighted by molar-refractivity contribution is -0.145. The van der Waals surface area contributed by atoms with Crippen LogP contribution in [0, 0.1) is 0 Å². The van der Waals surface area contributed by atoms with E-state index in [1.54, 1.807) is 4.90 Å². The second-order valence-corrected chi connectivity index (χ2v) is 43.1. The Balaban J connectivity index is 0.000000116. The zero-order chi connectivity index (χ0) is 98.7. The molecule has 0 aliphatic carbocycles. The van der Waals surface area contributed by atoms with Crippen LogP contribution in [0.4, 0.5) is 0 Å². The molecular formula is C100H163N25O16. The maximum Gasteiger partial charge on any atom is 0.242 e. The number of rotatable bonds is 4. The van der Waals surface area contributed by atoms with E-state index in [-0.39, 0.29) is 191 Å². The molecule has 0 aromatic heterocycles. The van der Waals surface area contributed by atoms with Gasteiger partial charge in [0.1, 0.15) is 48.3 Å². The van der Waals surface area contributed by atoms with Gasteiger partial charge in [0.15, 0.2) is 0 Å². The summed E-state index contributed by atoms with van der Waals surface area (Å²) in [6.45, 7) is 11.7. The van der Waals surface area contributed by atoms with Gasteiger partial charge in [-0.05, 0) is 335 Å². The number of piperidine rings is 4. The van der Waals surface area contributed by atoms with Crippen molar-refractivity contribution in [3.05, 3.63) is 0 Å². The monoisotopic (exact) mass is 1970 g/mol. The van der Waals surface area contributed by atoms with E-state index < -0.39 is 6.04 Å². The highest BCUT2D eigenvalue weighted by Crippen LogP contribution is 2.41. The highest BCUT2D eigenvalue weighted by atomic mass is 16.2. The van der Waals surface area contributed by atoms with E-state index in [9.17, 15) is 76.7 Å². The minimum Gasteiger partial charge on any atom is -0.354 e. The molecule has 23 heterocycles. The Morgan fingerprint density at radius 3 is 0.660 bits per heavy atom. The SMILES string of the molecule is NCCCNC(=O)[C@@H]1CC[C@@H]2CC[C@@H](N)C(=O)N21.O=C1NCCCN[C@@H]2CCC[C@@H]3CC[C@@H]1N3C2=O.O=C1NCCCN[C@@H]2CCC[C@H]3CC[C@@H]1N3C2=O.O=C1NCCCN[C@@H]2CC[C@@H]3CC[C@@H]1N3C2=O.O=C1NCCCN[C@H]2CCC[C@@H]3CC[C@@H]1N3C2=O.O=C1NCCCN[C@H]2CCC[C@H]3CC[C@@H]1N3C2=O.O=C1NCCCN[C@H]2CC[C@@H]3CC[C@@H]1N3C2=O.O=C1NCCCN[C@H]2CC[C@H]3CC[C@@H]1N3C2=O.